The van der Waals surface area contributed by atoms with Crippen LogP contribution < -0.4 is 16.0 Å². The van der Waals surface area contributed by atoms with E-state index in [0.717, 1.165) is 16.7 Å². The fourth-order valence-electron chi connectivity index (χ4n) is 5.13. The van der Waals surface area contributed by atoms with E-state index in [1.807, 2.05) is 38.2 Å². The molecule has 1 heterocycles. The van der Waals surface area contributed by atoms with Crippen molar-refractivity contribution < 1.29 is 17.1 Å². The van der Waals surface area contributed by atoms with Gasteiger partial charge in [-0.25, -0.2) is 4.68 Å². The zero-order valence-electron chi connectivity index (χ0n) is 25.2. The van der Waals surface area contributed by atoms with Crippen molar-refractivity contribution in [1.29, 1.82) is 0 Å². The Morgan fingerprint density at radius 2 is 1.18 bits per heavy atom. The smallest absolute Gasteiger partial charge is 0.240 e. The number of aryl methyl sites for hydroxylation is 1. The summed E-state index contributed by atoms with van der Waals surface area (Å²) in [5, 5.41) is 13.5. The normalized spacial score (nSPS) is 15.8. The molecule has 6 heteroatoms. The van der Waals surface area contributed by atoms with Crippen LogP contribution in [0.2, 0.25) is 0 Å². The van der Waals surface area contributed by atoms with Crippen LogP contribution in [0.3, 0.4) is 0 Å². The first-order valence-electron chi connectivity index (χ1n) is 14.8. The summed E-state index contributed by atoms with van der Waals surface area (Å²) in [6.07, 6.45) is 16.6. The largest absolute Gasteiger partial charge is 2.00 e. The molecule has 0 N–H and O–H groups in total. The SMILES string of the molecule is Cc1ccc(S[C]2[CH][CH][CH][C]2[C@H](C)n2nnc(-c3ccccc3)c2P(c2ccccc2)c2ccccc2)cc1.[CH]1[CH][CH][CH][CH]1.[Fe+2]. The molecule has 0 bridgehead atoms. The van der Waals surface area contributed by atoms with Crippen LogP contribution in [0, 0.1) is 69.5 Å². The minimum atomic E-state index is -0.913. The van der Waals surface area contributed by atoms with Crippen molar-refractivity contribution in [2.45, 2.75) is 24.8 Å². The minimum Gasteiger partial charge on any atom is -0.240 e. The summed E-state index contributed by atoms with van der Waals surface area (Å²) < 4.78 is 2.17. The second kappa shape index (κ2) is 16.8. The van der Waals surface area contributed by atoms with Crippen molar-refractivity contribution in [3.05, 3.63) is 183 Å². The van der Waals surface area contributed by atoms with Crippen LogP contribution in [0.15, 0.2) is 120 Å². The molecule has 45 heavy (non-hydrogen) atoms. The van der Waals surface area contributed by atoms with E-state index in [1.54, 1.807) is 11.8 Å². The van der Waals surface area contributed by atoms with Gasteiger partial charge in [-0.15, -0.1) is 16.9 Å². The maximum Gasteiger partial charge on any atom is 2.00 e. The fraction of sp³-hybridized carbons (Fsp3) is 0.0769. The zero-order chi connectivity index (χ0) is 30.1. The average Bonchev–Trinajstić information content (AvgIpc) is 3.88. The Labute approximate surface area is 285 Å². The molecule has 0 saturated heterocycles. The first-order valence-corrected chi connectivity index (χ1v) is 16.9. The molecule has 1 aromatic heterocycles. The van der Waals surface area contributed by atoms with E-state index in [2.05, 4.69) is 147 Å². The van der Waals surface area contributed by atoms with Gasteiger partial charge in [0.2, 0.25) is 0 Å². The number of thioether (sulfide) groups is 1. The molecule has 2 fully saturated rings. The molecule has 0 amide bonds. The van der Waals surface area contributed by atoms with Crippen LogP contribution in [-0.4, -0.2) is 15.0 Å². The molecule has 0 aliphatic heterocycles. The van der Waals surface area contributed by atoms with E-state index < -0.39 is 7.92 Å². The Bertz CT molecular complexity index is 1530. The molecular formula is C39H34FeN3PS+2. The molecule has 2 aliphatic carbocycles. The molecule has 222 valence electrons. The summed E-state index contributed by atoms with van der Waals surface area (Å²) >= 11 is 1.81. The first kappa shape index (κ1) is 33.7. The number of hydrogen-bond donors (Lipinski definition) is 0. The van der Waals surface area contributed by atoms with Gasteiger partial charge in [0.05, 0.1) is 11.5 Å². The molecule has 5 aromatic rings. The second-order valence-electron chi connectivity index (χ2n) is 10.5. The minimum absolute atomic E-state index is 0. The number of rotatable bonds is 8. The van der Waals surface area contributed by atoms with Gasteiger partial charge in [0.1, 0.15) is 5.69 Å². The van der Waals surface area contributed by atoms with Gasteiger partial charge in [-0.3, -0.25) is 0 Å². The zero-order valence-corrected chi connectivity index (χ0v) is 28.0. The van der Waals surface area contributed by atoms with E-state index in [-0.39, 0.29) is 23.1 Å². The van der Waals surface area contributed by atoms with Crippen LogP contribution in [0.1, 0.15) is 18.5 Å². The van der Waals surface area contributed by atoms with Gasteiger partial charge in [-0.05, 0) is 88.0 Å². The maximum absolute atomic E-state index is 4.85. The van der Waals surface area contributed by atoms with E-state index in [4.69, 9.17) is 10.3 Å². The third kappa shape index (κ3) is 8.38. The number of benzene rings is 4. The van der Waals surface area contributed by atoms with Gasteiger partial charge in [0.25, 0.3) is 0 Å². The van der Waals surface area contributed by atoms with Gasteiger partial charge < -0.3 is 0 Å². The summed E-state index contributed by atoms with van der Waals surface area (Å²) in [5.41, 5.74) is 4.46. The molecular weight excluding hydrogens is 629 g/mol. The van der Waals surface area contributed by atoms with Crippen LogP contribution in [0.25, 0.3) is 11.3 Å². The first-order chi connectivity index (χ1) is 21.7. The van der Waals surface area contributed by atoms with Crippen molar-refractivity contribution in [3.8, 4) is 11.3 Å². The molecule has 10 radical (unpaired) electrons. The fourth-order valence-corrected chi connectivity index (χ4v) is 8.69. The molecule has 0 unspecified atom stereocenters. The van der Waals surface area contributed by atoms with Crippen molar-refractivity contribution in [3.63, 3.8) is 0 Å². The van der Waals surface area contributed by atoms with Crippen molar-refractivity contribution in [1.82, 2.24) is 15.0 Å². The summed E-state index contributed by atoms with van der Waals surface area (Å²) in [7, 11) is -0.913. The predicted molar refractivity (Wildman–Crippen MR) is 187 cm³/mol. The second-order valence-corrected chi connectivity index (χ2v) is 13.7. The standard InChI is InChI=1S/C34H29N3PS.C5H5.Fe/c1-25-21-23-30(24-22-25)39-32-20-12-19-31(32)26(2)37-34(33(35-36-37)27-13-6-3-7-14-27)38(28-15-8-4-9-16-28)29-17-10-5-11-18-29;1-2-4-5-3-1;/h3-24,26H,1-2H3;1-5H;/q;;+2/t26-;;/m0../s1. The van der Waals surface area contributed by atoms with Crippen LogP contribution in [0.4, 0.5) is 0 Å². The van der Waals surface area contributed by atoms with Crippen LogP contribution in [0.5, 0.6) is 0 Å². The van der Waals surface area contributed by atoms with E-state index >= 15 is 0 Å². The van der Waals surface area contributed by atoms with Crippen LogP contribution >= 0.6 is 19.7 Å². The summed E-state index contributed by atoms with van der Waals surface area (Å²) in [6, 6.07) is 40.8. The quantitative estimate of drug-likeness (QED) is 0.124. The molecule has 7 rings (SSSR count). The Balaban J connectivity index is 0.000000609. The van der Waals surface area contributed by atoms with E-state index in [1.165, 1.54) is 32.2 Å². The molecule has 2 saturated carbocycles. The van der Waals surface area contributed by atoms with E-state index in [9.17, 15) is 0 Å². The predicted octanol–water partition coefficient (Wildman–Crippen LogP) is 8.12. The Morgan fingerprint density at radius 3 is 1.73 bits per heavy atom. The average molecular weight is 664 g/mol. The summed E-state index contributed by atoms with van der Waals surface area (Å²) in [4.78, 5) is 1.24. The molecule has 0 spiro atoms. The third-order valence-corrected chi connectivity index (χ3v) is 11.0. The van der Waals surface area contributed by atoms with Crippen molar-refractivity contribution in [2.24, 2.45) is 0 Å². The van der Waals surface area contributed by atoms with Gasteiger partial charge in [-0.1, -0.05) is 114 Å². The molecule has 2 aliphatic rings. The Kier molecular flexibility index (Phi) is 12.5. The van der Waals surface area contributed by atoms with Gasteiger partial charge in [-0.2, -0.15) is 0 Å². The van der Waals surface area contributed by atoms with Gasteiger partial charge in [0, 0.05) is 29.5 Å². The Morgan fingerprint density at radius 1 is 0.644 bits per heavy atom. The number of aromatic nitrogens is 3. The number of hydrogen-bond acceptors (Lipinski definition) is 3. The van der Waals surface area contributed by atoms with Gasteiger partial charge in [0.15, 0.2) is 0 Å². The topological polar surface area (TPSA) is 30.7 Å². The van der Waals surface area contributed by atoms with Crippen molar-refractivity contribution >= 4 is 35.7 Å². The maximum atomic E-state index is 4.85. The van der Waals surface area contributed by atoms with E-state index in [0.29, 0.717) is 0 Å². The monoisotopic (exact) mass is 663 g/mol. The Hall–Kier alpha value is -2.68. The van der Waals surface area contributed by atoms with Crippen molar-refractivity contribution in [2.75, 3.05) is 0 Å². The van der Waals surface area contributed by atoms with Crippen LogP contribution in [-0.2, 0) is 17.1 Å². The molecule has 4 aromatic carbocycles. The summed E-state index contributed by atoms with van der Waals surface area (Å²) in [6.45, 7) is 4.36. The summed E-state index contributed by atoms with van der Waals surface area (Å²) in [5.74, 6) is 1.25. The molecule has 1 atom stereocenters. The number of nitrogens with zero attached hydrogens (tertiary/aromatic N) is 3. The van der Waals surface area contributed by atoms with Gasteiger partial charge >= 0.3 is 17.1 Å². The third-order valence-electron chi connectivity index (χ3n) is 7.39. The molecule has 3 nitrogen and oxygen atoms in total.